The minimum atomic E-state index is -1.91. The van der Waals surface area contributed by atoms with Crippen LogP contribution in [0.5, 0.6) is 11.5 Å². The van der Waals surface area contributed by atoms with Gasteiger partial charge in [-0.05, 0) is 31.3 Å². The van der Waals surface area contributed by atoms with Crippen molar-refractivity contribution in [2.24, 2.45) is 0 Å². The Morgan fingerprint density at radius 1 is 1.17 bits per heavy atom. The molecular formula is C19H19NO4. The van der Waals surface area contributed by atoms with Crippen molar-refractivity contribution in [3.8, 4) is 11.5 Å². The molecule has 2 aromatic rings. The molecule has 0 saturated heterocycles. The maximum absolute atomic E-state index is 12.8. The van der Waals surface area contributed by atoms with Gasteiger partial charge in [0.1, 0.15) is 17.6 Å². The summed E-state index contributed by atoms with van der Waals surface area (Å²) in [7, 11) is 1.75. The van der Waals surface area contributed by atoms with E-state index in [-0.39, 0.29) is 0 Å². The molecule has 1 atom stereocenters. The maximum Gasteiger partial charge on any atom is 0.348 e. The molecule has 1 aliphatic rings. The predicted octanol–water partition coefficient (Wildman–Crippen LogP) is 2.69. The Bertz CT molecular complexity index is 739. The van der Waals surface area contributed by atoms with Crippen LogP contribution in [-0.4, -0.2) is 24.2 Å². The van der Waals surface area contributed by atoms with Crippen molar-refractivity contribution < 1.29 is 19.4 Å². The van der Waals surface area contributed by atoms with Crippen molar-refractivity contribution in [1.82, 2.24) is 5.32 Å². The van der Waals surface area contributed by atoms with Crippen molar-refractivity contribution >= 4 is 5.97 Å². The fourth-order valence-corrected chi connectivity index (χ4v) is 2.72. The summed E-state index contributed by atoms with van der Waals surface area (Å²) in [5.74, 6) is 0.141. The second kappa shape index (κ2) is 6.37. The van der Waals surface area contributed by atoms with Crippen molar-refractivity contribution in [1.29, 1.82) is 0 Å². The van der Waals surface area contributed by atoms with E-state index in [2.05, 4.69) is 5.32 Å². The van der Waals surface area contributed by atoms with Gasteiger partial charge in [-0.15, -0.1) is 0 Å². The number of carbonyl (C=O) groups excluding carboxylic acids is 1. The first-order chi connectivity index (χ1) is 11.6. The molecule has 5 nitrogen and oxygen atoms in total. The summed E-state index contributed by atoms with van der Waals surface area (Å²) in [5, 5.41) is 14.2. The highest BCUT2D eigenvalue weighted by Crippen LogP contribution is 2.47. The Kier molecular flexibility index (Phi) is 4.27. The number of ether oxygens (including phenoxy) is 2. The number of carbonyl (C=O) groups is 1. The summed E-state index contributed by atoms with van der Waals surface area (Å²) >= 11 is 0. The van der Waals surface area contributed by atoms with E-state index in [9.17, 15) is 9.90 Å². The predicted molar refractivity (Wildman–Crippen MR) is 89.7 cm³/mol. The van der Waals surface area contributed by atoms with Crippen LogP contribution in [0.3, 0.4) is 0 Å². The first kappa shape index (κ1) is 16.1. The Morgan fingerprint density at radius 3 is 2.25 bits per heavy atom. The van der Waals surface area contributed by atoms with E-state index in [0.717, 1.165) is 0 Å². The molecule has 1 unspecified atom stereocenters. The molecule has 0 fully saturated rings. The van der Waals surface area contributed by atoms with Gasteiger partial charge < -0.3 is 19.9 Å². The highest BCUT2D eigenvalue weighted by atomic mass is 16.6. The highest BCUT2D eigenvalue weighted by Gasteiger charge is 2.48. The number of esters is 1. The fraction of sp³-hybridized carbons (Fsp3) is 0.211. The van der Waals surface area contributed by atoms with Crippen LogP contribution in [0.1, 0.15) is 18.1 Å². The fourth-order valence-electron chi connectivity index (χ4n) is 2.72. The van der Waals surface area contributed by atoms with E-state index in [1.807, 2.05) is 0 Å². The molecule has 2 aromatic carbocycles. The molecule has 0 amide bonds. The average molecular weight is 325 g/mol. The van der Waals surface area contributed by atoms with Gasteiger partial charge >= 0.3 is 5.97 Å². The number of hydrogen-bond acceptors (Lipinski definition) is 5. The molecule has 0 aromatic heterocycles. The topological polar surface area (TPSA) is 67.8 Å². The summed E-state index contributed by atoms with van der Waals surface area (Å²) in [4.78, 5) is 12.8. The molecule has 3 rings (SSSR count). The average Bonchev–Trinajstić information content (AvgIpc) is 2.60. The number of nitrogens with one attached hydrogen (secondary N) is 1. The lowest BCUT2D eigenvalue weighted by Crippen LogP contribution is -2.41. The number of hydrogen-bond donors (Lipinski definition) is 2. The Hall–Kier alpha value is -2.79. The van der Waals surface area contributed by atoms with E-state index in [1.165, 1.54) is 0 Å². The molecule has 0 aliphatic carbocycles. The Morgan fingerprint density at radius 2 is 1.71 bits per heavy atom. The summed E-state index contributed by atoms with van der Waals surface area (Å²) in [6.45, 7) is 1.73. The van der Waals surface area contributed by atoms with Gasteiger partial charge in [0.25, 0.3) is 0 Å². The molecule has 0 saturated carbocycles. The van der Waals surface area contributed by atoms with Gasteiger partial charge in [0.05, 0.1) is 0 Å². The smallest absolute Gasteiger partial charge is 0.348 e. The van der Waals surface area contributed by atoms with E-state index in [0.29, 0.717) is 22.6 Å². The Labute approximate surface area is 140 Å². The minimum absolute atomic E-state index is 0.374. The van der Waals surface area contributed by atoms with Gasteiger partial charge in [-0.1, -0.05) is 36.4 Å². The maximum atomic E-state index is 12.8. The summed E-state index contributed by atoms with van der Waals surface area (Å²) in [5.41, 5.74) is -1.16. The van der Waals surface area contributed by atoms with E-state index < -0.39 is 17.7 Å². The number of fused-ring (bicyclic) bond motifs is 2. The summed E-state index contributed by atoms with van der Waals surface area (Å²) < 4.78 is 11.2. The third-order valence-corrected chi connectivity index (χ3v) is 3.90. The van der Waals surface area contributed by atoms with Crippen LogP contribution in [0.2, 0.25) is 0 Å². The monoisotopic (exact) mass is 325 g/mol. The van der Waals surface area contributed by atoms with E-state index in [1.54, 1.807) is 74.8 Å². The van der Waals surface area contributed by atoms with Gasteiger partial charge in [0.2, 0.25) is 5.60 Å². The normalized spacial score (nSPS) is 15.8. The van der Waals surface area contributed by atoms with Crippen LogP contribution in [-0.2, 0) is 15.1 Å². The summed E-state index contributed by atoms with van der Waals surface area (Å²) in [6.07, 6.45) is 2.88. The van der Waals surface area contributed by atoms with Gasteiger partial charge in [0, 0.05) is 18.2 Å². The molecule has 0 bridgehead atoms. The number of aliphatic hydroxyl groups is 1. The molecular weight excluding hydrogens is 306 g/mol. The molecule has 0 radical (unpaired) electrons. The third-order valence-electron chi connectivity index (χ3n) is 3.90. The van der Waals surface area contributed by atoms with Crippen LogP contribution < -0.4 is 10.1 Å². The first-order valence-electron chi connectivity index (χ1n) is 7.71. The van der Waals surface area contributed by atoms with Gasteiger partial charge in [-0.2, -0.15) is 0 Å². The lowest BCUT2D eigenvalue weighted by Gasteiger charge is -2.34. The number of rotatable bonds is 4. The standard InChI is InChI=1S/C19H19NO4/c1-13(11-12-20-2)23-18(21)19(22)14-7-3-5-9-16(14)24-17-10-6-4-8-15(17)19/h3-13,20,22H,1-2H3/b12-11+. The molecule has 5 heteroatoms. The zero-order chi connectivity index (χ0) is 17.2. The molecule has 0 spiro atoms. The van der Waals surface area contributed by atoms with Crippen molar-refractivity contribution in [2.45, 2.75) is 18.6 Å². The zero-order valence-electron chi connectivity index (χ0n) is 13.5. The van der Waals surface area contributed by atoms with Crippen LogP contribution in [0, 0.1) is 0 Å². The quantitative estimate of drug-likeness (QED) is 0.846. The van der Waals surface area contributed by atoms with Crippen molar-refractivity contribution in [3.05, 3.63) is 71.9 Å². The molecule has 2 N–H and O–H groups in total. The van der Waals surface area contributed by atoms with Crippen molar-refractivity contribution in [2.75, 3.05) is 7.05 Å². The highest BCUT2D eigenvalue weighted by molar-refractivity contribution is 5.88. The van der Waals surface area contributed by atoms with Gasteiger partial charge in [0.15, 0.2) is 0 Å². The largest absolute Gasteiger partial charge is 0.457 e. The van der Waals surface area contributed by atoms with E-state index in [4.69, 9.17) is 9.47 Å². The third kappa shape index (κ3) is 2.63. The van der Waals surface area contributed by atoms with Gasteiger partial charge in [-0.3, -0.25) is 0 Å². The number of para-hydroxylation sites is 2. The first-order valence-corrected chi connectivity index (χ1v) is 7.71. The minimum Gasteiger partial charge on any atom is -0.457 e. The number of benzene rings is 2. The Balaban J connectivity index is 2.05. The van der Waals surface area contributed by atoms with Gasteiger partial charge in [-0.25, -0.2) is 4.79 Å². The van der Waals surface area contributed by atoms with Crippen LogP contribution in [0.15, 0.2) is 60.8 Å². The molecule has 24 heavy (non-hydrogen) atoms. The second-order valence-corrected chi connectivity index (χ2v) is 5.56. The van der Waals surface area contributed by atoms with Crippen LogP contribution in [0.25, 0.3) is 0 Å². The van der Waals surface area contributed by atoms with E-state index >= 15 is 0 Å². The van der Waals surface area contributed by atoms with Crippen LogP contribution >= 0.6 is 0 Å². The zero-order valence-corrected chi connectivity index (χ0v) is 13.5. The van der Waals surface area contributed by atoms with Crippen LogP contribution in [0.4, 0.5) is 0 Å². The molecule has 124 valence electrons. The lowest BCUT2D eigenvalue weighted by atomic mass is 9.83. The SMILES string of the molecule is CN/C=C/C(C)OC(=O)C1(O)c2ccccc2Oc2ccccc21. The van der Waals surface area contributed by atoms with Crippen molar-refractivity contribution in [3.63, 3.8) is 0 Å². The molecule has 1 heterocycles. The second-order valence-electron chi connectivity index (χ2n) is 5.56. The lowest BCUT2D eigenvalue weighted by molar-refractivity contribution is -0.165. The molecule has 1 aliphatic heterocycles. The summed E-state index contributed by atoms with van der Waals surface area (Å²) in [6, 6.07) is 13.8.